The molecule has 27 heavy (non-hydrogen) atoms. The van der Waals surface area contributed by atoms with E-state index >= 15 is 0 Å². The van der Waals surface area contributed by atoms with Gasteiger partial charge in [-0.2, -0.15) is 0 Å². The van der Waals surface area contributed by atoms with Crippen molar-refractivity contribution in [3.8, 4) is 11.4 Å². The Hall–Kier alpha value is -1.92. The molecule has 0 saturated heterocycles. The van der Waals surface area contributed by atoms with Gasteiger partial charge in [-0.3, -0.25) is 4.57 Å². The van der Waals surface area contributed by atoms with Gasteiger partial charge in [0.05, 0.1) is 0 Å². The molecule has 0 fully saturated rings. The van der Waals surface area contributed by atoms with Crippen LogP contribution < -0.4 is 0 Å². The Balaban J connectivity index is 1.61. The van der Waals surface area contributed by atoms with Crippen molar-refractivity contribution in [3.05, 3.63) is 64.1 Å². The molecule has 0 saturated carbocycles. The Labute approximate surface area is 167 Å². The molecule has 0 radical (unpaired) electrons. The summed E-state index contributed by atoms with van der Waals surface area (Å²) in [5.74, 6) is 2.22. The summed E-state index contributed by atoms with van der Waals surface area (Å²) < 4.78 is 15.2. The van der Waals surface area contributed by atoms with Gasteiger partial charge in [0.2, 0.25) is 0 Å². The first-order valence-corrected chi connectivity index (χ1v) is 11.0. The SMILES string of the molecule is C=CCn1c(SCc2ccc(F)cc2)nnc1-c1csc2c1CCC(C)C2. The van der Waals surface area contributed by atoms with Gasteiger partial charge < -0.3 is 0 Å². The zero-order valence-electron chi connectivity index (χ0n) is 15.3. The van der Waals surface area contributed by atoms with Crippen LogP contribution in [0.25, 0.3) is 11.4 Å². The minimum atomic E-state index is -0.211. The number of allylic oxidation sites excluding steroid dienone is 1. The molecule has 2 aromatic heterocycles. The molecule has 1 aromatic carbocycles. The molecule has 2 heterocycles. The van der Waals surface area contributed by atoms with Gasteiger partial charge in [-0.1, -0.05) is 36.9 Å². The van der Waals surface area contributed by atoms with Gasteiger partial charge >= 0.3 is 0 Å². The molecular weight excluding hydrogens is 377 g/mol. The van der Waals surface area contributed by atoms with Crippen molar-refractivity contribution in [2.45, 2.75) is 43.6 Å². The average Bonchev–Trinajstić information content (AvgIpc) is 3.25. The Bertz CT molecular complexity index is 943. The lowest BCUT2D eigenvalue weighted by molar-refractivity contribution is 0.508. The smallest absolute Gasteiger partial charge is 0.192 e. The Morgan fingerprint density at radius 1 is 1.33 bits per heavy atom. The fourth-order valence-electron chi connectivity index (χ4n) is 3.48. The normalized spacial score (nSPS) is 16.3. The lowest BCUT2D eigenvalue weighted by Crippen LogP contribution is -2.10. The number of aromatic nitrogens is 3. The summed E-state index contributed by atoms with van der Waals surface area (Å²) in [6.45, 7) is 6.90. The molecule has 4 rings (SSSR count). The molecule has 3 nitrogen and oxygen atoms in total. The van der Waals surface area contributed by atoms with E-state index in [4.69, 9.17) is 0 Å². The molecule has 0 N–H and O–H groups in total. The molecule has 0 bridgehead atoms. The average molecular weight is 400 g/mol. The van der Waals surface area contributed by atoms with E-state index in [9.17, 15) is 4.39 Å². The molecule has 6 heteroatoms. The second kappa shape index (κ2) is 7.98. The molecular formula is C21H22FN3S2. The van der Waals surface area contributed by atoms with Crippen LogP contribution in [0.3, 0.4) is 0 Å². The van der Waals surface area contributed by atoms with Crippen molar-refractivity contribution in [3.63, 3.8) is 0 Å². The van der Waals surface area contributed by atoms with Crippen LogP contribution in [0.15, 0.2) is 47.5 Å². The maximum Gasteiger partial charge on any atom is 0.192 e. The van der Waals surface area contributed by atoms with Gasteiger partial charge in [-0.25, -0.2) is 4.39 Å². The van der Waals surface area contributed by atoms with E-state index in [2.05, 4.69) is 33.6 Å². The fraction of sp³-hybridized carbons (Fsp3) is 0.333. The van der Waals surface area contributed by atoms with Crippen LogP contribution in [0.1, 0.15) is 29.3 Å². The number of fused-ring (bicyclic) bond motifs is 1. The first kappa shape index (κ1) is 18.4. The highest BCUT2D eigenvalue weighted by Gasteiger charge is 2.24. The number of halogens is 1. The molecule has 140 valence electrons. The highest BCUT2D eigenvalue weighted by molar-refractivity contribution is 7.98. The number of hydrogen-bond donors (Lipinski definition) is 0. The first-order chi connectivity index (χ1) is 13.2. The highest BCUT2D eigenvalue weighted by Crippen LogP contribution is 2.38. The predicted molar refractivity (Wildman–Crippen MR) is 111 cm³/mol. The zero-order chi connectivity index (χ0) is 18.8. The van der Waals surface area contributed by atoms with Gasteiger partial charge in [-0.05, 0) is 48.4 Å². The van der Waals surface area contributed by atoms with Gasteiger partial charge in [0.25, 0.3) is 0 Å². The van der Waals surface area contributed by atoms with E-state index in [1.165, 1.54) is 41.0 Å². The van der Waals surface area contributed by atoms with Crippen LogP contribution in [0.4, 0.5) is 4.39 Å². The van der Waals surface area contributed by atoms with E-state index < -0.39 is 0 Å². The lowest BCUT2D eigenvalue weighted by atomic mass is 9.88. The summed E-state index contributed by atoms with van der Waals surface area (Å²) in [4.78, 5) is 1.50. The van der Waals surface area contributed by atoms with Crippen LogP contribution in [0.2, 0.25) is 0 Å². The Morgan fingerprint density at radius 2 is 2.15 bits per heavy atom. The second-order valence-electron chi connectivity index (χ2n) is 7.02. The lowest BCUT2D eigenvalue weighted by Gasteiger charge is -2.19. The third kappa shape index (κ3) is 3.87. The minimum Gasteiger partial charge on any atom is -0.298 e. The monoisotopic (exact) mass is 399 g/mol. The number of thioether (sulfide) groups is 1. The zero-order valence-corrected chi connectivity index (χ0v) is 17.0. The quantitative estimate of drug-likeness (QED) is 0.391. The largest absolute Gasteiger partial charge is 0.298 e. The van der Waals surface area contributed by atoms with Crippen LogP contribution in [0.5, 0.6) is 0 Å². The van der Waals surface area contributed by atoms with Gasteiger partial charge in [0.15, 0.2) is 11.0 Å². The second-order valence-corrected chi connectivity index (χ2v) is 8.93. The molecule has 0 spiro atoms. The van der Waals surface area contributed by atoms with Crippen molar-refractivity contribution in [2.24, 2.45) is 5.92 Å². The molecule has 0 amide bonds. The summed E-state index contributed by atoms with van der Waals surface area (Å²) in [5.41, 5.74) is 3.74. The third-order valence-electron chi connectivity index (χ3n) is 4.95. The topological polar surface area (TPSA) is 30.7 Å². The predicted octanol–water partition coefficient (Wildman–Crippen LogP) is 5.75. The van der Waals surface area contributed by atoms with Crippen molar-refractivity contribution < 1.29 is 4.39 Å². The number of nitrogens with zero attached hydrogens (tertiary/aromatic N) is 3. The molecule has 0 aliphatic heterocycles. The van der Waals surface area contributed by atoms with Crippen LogP contribution in [-0.4, -0.2) is 14.8 Å². The van der Waals surface area contributed by atoms with E-state index in [1.807, 2.05) is 29.5 Å². The summed E-state index contributed by atoms with van der Waals surface area (Å²) in [6.07, 6.45) is 5.41. The van der Waals surface area contributed by atoms with Gasteiger partial charge in [0, 0.05) is 28.1 Å². The van der Waals surface area contributed by atoms with Crippen LogP contribution in [0, 0.1) is 11.7 Å². The molecule has 1 aliphatic carbocycles. The summed E-state index contributed by atoms with van der Waals surface area (Å²) in [7, 11) is 0. The third-order valence-corrected chi connectivity index (χ3v) is 7.04. The summed E-state index contributed by atoms with van der Waals surface area (Å²) >= 11 is 3.47. The number of rotatable bonds is 6. The van der Waals surface area contributed by atoms with Crippen molar-refractivity contribution in [1.29, 1.82) is 0 Å². The standard InChI is InChI=1S/C21H22FN3S2/c1-3-10-25-20(18-13-26-19-11-14(2)4-9-17(18)19)23-24-21(25)27-12-15-5-7-16(22)8-6-15/h3,5-8,13-14H,1,4,9-12H2,2H3. The number of hydrogen-bond acceptors (Lipinski definition) is 4. The van der Waals surface area contributed by atoms with E-state index in [0.29, 0.717) is 6.54 Å². The summed E-state index contributed by atoms with van der Waals surface area (Å²) in [6, 6.07) is 6.62. The van der Waals surface area contributed by atoms with Crippen LogP contribution in [-0.2, 0) is 25.1 Å². The molecule has 1 aliphatic rings. The van der Waals surface area contributed by atoms with Crippen molar-refractivity contribution in [1.82, 2.24) is 14.8 Å². The summed E-state index contributed by atoms with van der Waals surface area (Å²) in [5, 5.41) is 12.1. The minimum absolute atomic E-state index is 0.211. The maximum absolute atomic E-state index is 13.1. The molecule has 1 unspecified atom stereocenters. The Morgan fingerprint density at radius 3 is 2.93 bits per heavy atom. The molecule has 1 atom stereocenters. The molecule has 3 aromatic rings. The maximum atomic E-state index is 13.1. The van der Waals surface area contributed by atoms with Gasteiger partial charge in [0.1, 0.15) is 5.82 Å². The number of thiophene rings is 1. The van der Waals surface area contributed by atoms with Gasteiger partial charge in [-0.15, -0.1) is 28.1 Å². The fourth-order valence-corrected chi connectivity index (χ4v) is 5.63. The van der Waals surface area contributed by atoms with Crippen molar-refractivity contribution in [2.75, 3.05) is 0 Å². The Kier molecular flexibility index (Phi) is 5.45. The van der Waals surface area contributed by atoms with E-state index in [0.717, 1.165) is 34.6 Å². The van der Waals surface area contributed by atoms with Crippen LogP contribution >= 0.6 is 23.1 Å². The van der Waals surface area contributed by atoms with Crippen molar-refractivity contribution >= 4 is 23.1 Å². The number of benzene rings is 1. The van der Waals surface area contributed by atoms with E-state index in [-0.39, 0.29) is 5.82 Å². The van der Waals surface area contributed by atoms with E-state index in [1.54, 1.807) is 11.8 Å². The highest BCUT2D eigenvalue weighted by atomic mass is 32.2. The first-order valence-electron chi connectivity index (χ1n) is 9.16.